The molecule has 168 valence electrons. The molecule has 8 nitrogen and oxygen atoms in total. The predicted octanol–water partition coefficient (Wildman–Crippen LogP) is 3.35. The Labute approximate surface area is 181 Å². The van der Waals surface area contributed by atoms with Crippen molar-refractivity contribution in [3.63, 3.8) is 0 Å². The van der Waals surface area contributed by atoms with Gasteiger partial charge >= 0.3 is 6.36 Å². The number of rotatable bonds is 7. The standard InChI is InChI=1S/C21H20F3N5O3/c1-31-18-5-4-16(32-21(22,23)24)7-17(18)13-2-3-14-10-29(11-15(14)6-13)20(30)9-27-12-28-19(26)8-25/h2-8,12,25H,9-11H2,1H3,(H2,26,27,28). The van der Waals surface area contributed by atoms with Gasteiger partial charge in [0, 0.05) is 18.7 Å². The monoisotopic (exact) mass is 447 g/mol. The van der Waals surface area contributed by atoms with Crippen LogP contribution >= 0.6 is 0 Å². The SMILES string of the molecule is COc1ccc(OC(F)(F)F)cc1-c1ccc2c(c1)CN(C(=O)CN/C=N\C(=N)C=N)C2. The number of nitrogens with one attached hydrogen (secondary N) is 3. The van der Waals surface area contributed by atoms with Crippen LogP contribution in [0.5, 0.6) is 11.5 Å². The molecule has 0 fully saturated rings. The molecule has 1 aliphatic heterocycles. The Morgan fingerprint density at radius 1 is 1.22 bits per heavy atom. The number of hydrogen-bond donors (Lipinski definition) is 3. The minimum absolute atomic E-state index is 0.0275. The van der Waals surface area contributed by atoms with Gasteiger partial charge in [-0.25, -0.2) is 4.99 Å². The second kappa shape index (κ2) is 9.50. The molecule has 3 rings (SSSR count). The molecule has 1 heterocycles. The van der Waals surface area contributed by atoms with Crippen LogP contribution in [0.4, 0.5) is 13.2 Å². The summed E-state index contributed by atoms with van der Waals surface area (Å²) in [6.07, 6.45) is -2.84. The molecular formula is C21H20F3N5O3. The van der Waals surface area contributed by atoms with Crippen molar-refractivity contribution < 1.29 is 27.4 Å². The third-order valence-electron chi connectivity index (χ3n) is 4.68. The van der Waals surface area contributed by atoms with E-state index in [4.69, 9.17) is 15.6 Å². The Hall–Kier alpha value is -3.89. The van der Waals surface area contributed by atoms with E-state index in [-0.39, 0.29) is 24.0 Å². The molecule has 2 aromatic rings. The molecule has 0 saturated carbocycles. The fourth-order valence-electron chi connectivity index (χ4n) is 3.25. The van der Waals surface area contributed by atoms with E-state index in [1.54, 1.807) is 11.0 Å². The molecule has 0 radical (unpaired) electrons. The summed E-state index contributed by atoms with van der Waals surface area (Å²) in [5.41, 5.74) is 2.88. The maximum absolute atomic E-state index is 12.6. The molecule has 11 heteroatoms. The van der Waals surface area contributed by atoms with Crippen molar-refractivity contribution in [1.29, 1.82) is 10.8 Å². The summed E-state index contributed by atoms with van der Waals surface area (Å²) in [7, 11) is 1.43. The number of carbonyl (C=O) groups is 1. The minimum Gasteiger partial charge on any atom is -0.496 e. The number of amidine groups is 1. The van der Waals surface area contributed by atoms with Crippen LogP contribution in [0.3, 0.4) is 0 Å². The fraction of sp³-hybridized carbons (Fsp3) is 0.238. The number of alkyl halides is 3. The Morgan fingerprint density at radius 3 is 2.66 bits per heavy atom. The van der Waals surface area contributed by atoms with Gasteiger partial charge in [0.2, 0.25) is 5.91 Å². The summed E-state index contributed by atoms with van der Waals surface area (Å²) in [5, 5.41) is 16.8. The van der Waals surface area contributed by atoms with Crippen LogP contribution in [0.15, 0.2) is 41.4 Å². The quantitative estimate of drug-likeness (QED) is 0.447. The van der Waals surface area contributed by atoms with E-state index in [9.17, 15) is 18.0 Å². The molecule has 0 unspecified atom stereocenters. The van der Waals surface area contributed by atoms with Crippen molar-refractivity contribution in [1.82, 2.24) is 10.2 Å². The van der Waals surface area contributed by atoms with E-state index in [0.717, 1.165) is 17.3 Å². The molecule has 0 aromatic heterocycles. The van der Waals surface area contributed by atoms with Crippen LogP contribution in [-0.4, -0.2) is 49.2 Å². The number of hydrogen-bond acceptors (Lipinski definition) is 5. The van der Waals surface area contributed by atoms with Gasteiger partial charge in [-0.2, -0.15) is 0 Å². The van der Waals surface area contributed by atoms with Gasteiger partial charge in [-0.1, -0.05) is 12.1 Å². The van der Waals surface area contributed by atoms with E-state index in [1.165, 1.54) is 31.6 Å². The van der Waals surface area contributed by atoms with Crippen LogP contribution < -0.4 is 14.8 Å². The molecule has 0 bridgehead atoms. The Kier molecular flexibility index (Phi) is 6.76. The van der Waals surface area contributed by atoms with E-state index >= 15 is 0 Å². The average Bonchev–Trinajstić information content (AvgIpc) is 3.18. The largest absolute Gasteiger partial charge is 0.573 e. The molecule has 0 aliphatic carbocycles. The number of benzene rings is 2. The number of carbonyl (C=O) groups excluding carboxylic acids is 1. The van der Waals surface area contributed by atoms with Crippen molar-refractivity contribution in [2.24, 2.45) is 4.99 Å². The molecule has 3 N–H and O–H groups in total. The fourth-order valence-corrected chi connectivity index (χ4v) is 3.25. The lowest BCUT2D eigenvalue weighted by Crippen LogP contribution is -2.34. The first-order valence-corrected chi connectivity index (χ1v) is 9.39. The van der Waals surface area contributed by atoms with Gasteiger partial charge in [0.25, 0.3) is 0 Å². The molecule has 0 saturated heterocycles. The Bertz CT molecular complexity index is 1070. The zero-order chi connectivity index (χ0) is 23.3. The number of fused-ring (bicyclic) bond motifs is 1. The van der Waals surface area contributed by atoms with E-state index < -0.39 is 6.36 Å². The van der Waals surface area contributed by atoms with Gasteiger partial charge in [0.05, 0.1) is 26.2 Å². The maximum Gasteiger partial charge on any atom is 0.573 e. The summed E-state index contributed by atoms with van der Waals surface area (Å²) in [5.74, 6) is -0.390. The molecule has 0 atom stereocenters. The highest BCUT2D eigenvalue weighted by atomic mass is 19.4. The first kappa shape index (κ1) is 22.8. The Balaban J connectivity index is 1.74. The molecular weight excluding hydrogens is 427 g/mol. The smallest absolute Gasteiger partial charge is 0.496 e. The van der Waals surface area contributed by atoms with Crippen LogP contribution in [-0.2, 0) is 17.9 Å². The number of nitrogens with zero attached hydrogens (tertiary/aromatic N) is 2. The first-order chi connectivity index (χ1) is 15.2. The van der Waals surface area contributed by atoms with Crippen LogP contribution in [0.25, 0.3) is 11.1 Å². The third kappa shape index (κ3) is 5.62. The van der Waals surface area contributed by atoms with Crippen LogP contribution in [0.1, 0.15) is 11.1 Å². The van der Waals surface area contributed by atoms with Crippen LogP contribution in [0.2, 0.25) is 0 Å². The van der Waals surface area contributed by atoms with Gasteiger partial charge in [-0.05, 0) is 41.0 Å². The number of halogens is 3. The Morgan fingerprint density at radius 2 is 1.97 bits per heavy atom. The van der Waals surface area contributed by atoms with E-state index in [2.05, 4.69) is 15.0 Å². The highest BCUT2D eigenvalue weighted by Gasteiger charge is 2.31. The zero-order valence-electron chi connectivity index (χ0n) is 17.0. The summed E-state index contributed by atoms with van der Waals surface area (Å²) in [4.78, 5) is 17.7. The molecule has 1 amide bonds. The lowest BCUT2D eigenvalue weighted by molar-refractivity contribution is -0.274. The predicted molar refractivity (Wildman–Crippen MR) is 112 cm³/mol. The average molecular weight is 447 g/mol. The third-order valence-corrected chi connectivity index (χ3v) is 4.68. The summed E-state index contributed by atoms with van der Waals surface area (Å²) in [6.45, 7) is 0.719. The van der Waals surface area contributed by atoms with Gasteiger partial charge in [0.1, 0.15) is 11.5 Å². The van der Waals surface area contributed by atoms with Crippen molar-refractivity contribution in [2.45, 2.75) is 19.5 Å². The van der Waals surface area contributed by atoms with Crippen LogP contribution in [0, 0.1) is 10.8 Å². The second-order valence-corrected chi connectivity index (χ2v) is 6.81. The maximum atomic E-state index is 12.6. The van der Waals surface area contributed by atoms with Crippen molar-refractivity contribution in [3.8, 4) is 22.6 Å². The number of aliphatic imine (C=N–C) groups is 1. The van der Waals surface area contributed by atoms with Crippen molar-refractivity contribution >= 4 is 24.3 Å². The van der Waals surface area contributed by atoms with Gasteiger partial charge in [-0.15, -0.1) is 13.2 Å². The lowest BCUT2D eigenvalue weighted by Gasteiger charge is -2.15. The summed E-state index contributed by atoms with van der Waals surface area (Å²) >= 11 is 0. The lowest BCUT2D eigenvalue weighted by atomic mass is 9.99. The first-order valence-electron chi connectivity index (χ1n) is 9.39. The molecule has 0 spiro atoms. The molecule has 1 aliphatic rings. The highest BCUT2D eigenvalue weighted by molar-refractivity contribution is 6.28. The van der Waals surface area contributed by atoms with Gasteiger partial charge in [-0.3, -0.25) is 10.2 Å². The minimum atomic E-state index is -4.80. The van der Waals surface area contributed by atoms with Crippen molar-refractivity contribution in [2.75, 3.05) is 13.7 Å². The summed E-state index contributed by atoms with van der Waals surface area (Å²) < 4.78 is 47.1. The number of amides is 1. The topological polar surface area (TPSA) is 111 Å². The second-order valence-electron chi connectivity index (χ2n) is 6.81. The highest BCUT2D eigenvalue weighted by Crippen LogP contribution is 2.37. The zero-order valence-corrected chi connectivity index (χ0v) is 17.0. The number of methoxy groups -OCH3 is 1. The van der Waals surface area contributed by atoms with Gasteiger partial charge < -0.3 is 25.1 Å². The van der Waals surface area contributed by atoms with Gasteiger partial charge in [0.15, 0.2) is 5.84 Å². The van der Waals surface area contributed by atoms with E-state index in [0.29, 0.717) is 30.0 Å². The number of ether oxygens (including phenoxy) is 2. The van der Waals surface area contributed by atoms with E-state index in [1.807, 2.05) is 12.1 Å². The molecule has 32 heavy (non-hydrogen) atoms. The summed E-state index contributed by atoms with van der Waals surface area (Å²) in [6, 6.07) is 9.26. The molecule has 2 aromatic carbocycles. The van der Waals surface area contributed by atoms with Crippen molar-refractivity contribution in [3.05, 3.63) is 47.5 Å². The normalized spacial score (nSPS) is 13.1.